The molecule has 0 aliphatic heterocycles. The van der Waals surface area contributed by atoms with Crippen LogP contribution in [0.3, 0.4) is 0 Å². The highest BCUT2D eigenvalue weighted by molar-refractivity contribution is 7.80. The van der Waals surface area contributed by atoms with Crippen molar-refractivity contribution in [3.8, 4) is 17.2 Å². The molecule has 5 nitrogen and oxygen atoms in total. The molecule has 0 heterocycles. The minimum atomic E-state index is 0.657. The zero-order valence-corrected chi connectivity index (χ0v) is 16.6. The predicted molar refractivity (Wildman–Crippen MR) is 110 cm³/mol. The summed E-state index contributed by atoms with van der Waals surface area (Å²) in [5, 5.41) is 3.92. The van der Waals surface area contributed by atoms with Crippen molar-refractivity contribution in [3.63, 3.8) is 0 Å². The lowest BCUT2D eigenvalue weighted by Crippen LogP contribution is -2.32. The van der Waals surface area contributed by atoms with E-state index in [0.717, 1.165) is 35.9 Å². The van der Waals surface area contributed by atoms with Gasteiger partial charge in [-0.1, -0.05) is 6.07 Å². The van der Waals surface area contributed by atoms with Crippen LogP contribution in [-0.4, -0.2) is 44.4 Å². The number of nitrogens with zero attached hydrogens (tertiary/aromatic N) is 1. The molecule has 0 amide bonds. The van der Waals surface area contributed by atoms with E-state index in [1.165, 1.54) is 5.56 Å². The van der Waals surface area contributed by atoms with Crippen molar-refractivity contribution in [1.82, 2.24) is 4.90 Å². The summed E-state index contributed by atoms with van der Waals surface area (Å²) in [6, 6.07) is 13.7. The lowest BCUT2D eigenvalue weighted by molar-refractivity contribution is 0.340. The van der Waals surface area contributed by atoms with Gasteiger partial charge in [0.2, 0.25) is 0 Å². The Morgan fingerprint density at radius 3 is 2.35 bits per heavy atom. The zero-order chi connectivity index (χ0) is 18.9. The van der Waals surface area contributed by atoms with Crippen molar-refractivity contribution < 1.29 is 14.2 Å². The van der Waals surface area contributed by atoms with E-state index in [1.54, 1.807) is 14.2 Å². The first-order chi connectivity index (χ1) is 12.6. The summed E-state index contributed by atoms with van der Waals surface area (Å²) in [7, 11) is 5.25. The third kappa shape index (κ3) is 5.52. The lowest BCUT2D eigenvalue weighted by Gasteiger charge is -2.21. The highest BCUT2D eigenvalue weighted by atomic mass is 32.1. The number of methoxy groups -OCH3 is 2. The van der Waals surface area contributed by atoms with Crippen molar-refractivity contribution in [2.24, 2.45) is 0 Å². The van der Waals surface area contributed by atoms with Crippen LogP contribution in [0.1, 0.15) is 12.5 Å². The Kier molecular flexibility index (Phi) is 7.53. The summed E-state index contributed by atoms with van der Waals surface area (Å²) in [6.07, 6.45) is 0.849. The highest BCUT2D eigenvalue weighted by Gasteiger charge is 2.08. The van der Waals surface area contributed by atoms with Crippen molar-refractivity contribution in [1.29, 1.82) is 0 Å². The smallest absolute Gasteiger partial charge is 0.173 e. The SMILES string of the molecule is CCOc1ccc(NC(=S)N(C)CCc2ccc(OC)c(OC)c2)cc1. The average molecular weight is 375 g/mol. The van der Waals surface area contributed by atoms with Crippen LogP contribution in [0.5, 0.6) is 17.2 Å². The van der Waals surface area contributed by atoms with Gasteiger partial charge >= 0.3 is 0 Å². The summed E-state index contributed by atoms with van der Waals surface area (Å²) in [6.45, 7) is 3.41. The minimum Gasteiger partial charge on any atom is -0.494 e. The number of benzene rings is 2. The zero-order valence-electron chi connectivity index (χ0n) is 15.7. The van der Waals surface area contributed by atoms with Crippen LogP contribution in [-0.2, 0) is 6.42 Å². The lowest BCUT2D eigenvalue weighted by atomic mass is 10.1. The molecular weight excluding hydrogens is 348 g/mol. The Balaban J connectivity index is 1.88. The Labute approximate surface area is 160 Å². The maximum Gasteiger partial charge on any atom is 0.173 e. The second kappa shape index (κ2) is 9.87. The van der Waals surface area contributed by atoms with Crippen molar-refractivity contribution in [2.45, 2.75) is 13.3 Å². The van der Waals surface area contributed by atoms with Gasteiger partial charge in [-0.25, -0.2) is 0 Å². The molecule has 0 radical (unpaired) electrons. The molecule has 0 spiro atoms. The molecule has 0 saturated heterocycles. The Bertz CT molecular complexity index is 719. The first-order valence-electron chi connectivity index (χ1n) is 8.53. The van der Waals surface area contributed by atoms with Gasteiger partial charge in [-0.3, -0.25) is 0 Å². The molecule has 0 atom stereocenters. The highest BCUT2D eigenvalue weighted by Crippen LogP contribution is 2.27. The Morgan fingerprint density at radius 2 is 1.73 bits per heavy atom. The number of hydrogen-bond acceptors (Lipinski definition) is 4. The monoisotopic (exact) mass is 374 g/mol. The van der Waals surface area contributed by atoms with Crippen molar-refractivity contribution in [3.05, 3.63) is 48.0 Å². The maximum atomic E-state index is 5.49. The summed E-state index contributed by atoms with van der Waals surface area (Å²) in [4.78, 5) is 2.02. The van der Waals surface area contributed by atoms with Gasteiger partial charge < -0.3 is 24.4 Å². The fourth-order valence-electron chi connectivity index (χ4n) is 2.45. The van der Waals surface area contributed by atoms with Crippen LogP contribution < -0.4 is 19.5 Å². The van der Waals surface area contributed by atoms with Crippen molar-refractivity contribution in [2.75, 3.05) is 39.7 Å². The number of rotatable bonds is 8. The standard InChI is InChI=1S/C20H26N2O3S/c1-5-25-17-9-7-16(8-10-17)21-20(26)22(2)13-12-15-6-11-18(23-3)19(14-15)24-4/h6-11,14H,5,12-13H2,1-4H3,(H,21,26). The molecular formula is C20H26N2O3S. The van der Waals surface area contributed by atoms with Crippen molar-refractivity contribution >= 4 is 23.0 Å². The molecule has 0 saturated carbocycles. The van der Waals surface area contributed by atoms with Crippen LogP contribution in [0.15, 0.2) is 42.5 Å². The van der Waals surface area contributed by atoms with E-state index in [4.69, 9.17) is 26.4 Å². The molecule has 0 unspecified atom stereocenters. The molecule has 6 heteroatoms. The number of nitrogens with one attached hydrogen (secondary N) is 1. The van der Waals surface area contributed by atoms with E-state index in [0.29, 0.717) is 11.7 Å². The largest absolute Gasteiger partial charge is 0.494 e. The van der Waals surface area contributed by atoms with Gasteiger partial charge in [0.15, 0.2) is 16.6 Å². The number of likely N-dealkylation sites (N-methyl/N-ethyl adjacent to an activating group) is 1. The average Bonchev–Trinajstić information content (AvgIpc) is 2.67. The third-order valence-corrected chi connectivity index (χ3v) is 4.36. The van der Waals surface area contributed by atoms with Gasteiger partial charge in [-0.2, -0.15) is 0 Å². The van der Waals surface area contributed by atoms with E-state index in [-0.39, 0.29) is 0 Å². The summed E-state index contributed by atoms with van der Waals surface area (Å²) >= 11 is 5.49. The predicted octanol–water partition coefficient (Wildman–Crippen LogP) is 3.97. The quantitative estimate of drug-likeness (QED) is 0.705. The van der Waals surface area contributed by atoms with Gasteiger partial charge in [0.1, 0.15) is 5.75 Å². The normalized spacial score (nSPS) is 10.2. The molecule has 26 heavy (non-hydrogen) atoms. The van der Waals surface area contributed by atoms with E-state index >= 15 is 0 Å². The summed E-state index contributed by atoms with van der Waals surface area (Å²) in [5.41, 5.74) is 2.11. The van der Waals surface area contributed by atoms with Crippen LogP contribution in [0.4, 0.5) is 5.69 Å². The van der Waals surface area contributed by atoms with Crippen LogP contribution in [0, 0.1) is 0 Å². The molecule has 2 rings (SSSR count). The van der Waals surface area contributed by atoms with Gasteiger partial charge in [-0.15, -0.1) is 0 Å². The second-order valence-electron chi connectivity index (χ2n) is 5.75. The molecule has 0 aliphatic carbocycles. The van der Waals surface area contributed by atoms with E-state index in [9.17, 15) is 0 Å². The fraction of sp³-hybridized carbons (Fsp3) is 0.350. The Morgan fingerprint density at radius 1 is 1.04 bits per heavy atom. The number of ether oxygens (including phenoxy) is 3. The summed E-state index contributed by atoms with van der Waals surface area (Å²) in [5.74, 6) is 2.32. The first-order valence-corrected chi connectivity index (χ1v) is 8.94. The van der Waals surface area contributed by atoms with E-state index < -0.39 is 0 Å². The molecule has 1 N–H and O–H groups in total. The number of thiocarbonyl (C=S) groups is 1. The van der Waals surface area contributed by atoms with Gasteiger partial charge in [-0.05, 0) is 67.5 Å². The first kappa shape index (κ1) is 19.8. The molecule has 0 aliphatic rings. The number of anilines is 1. The molecule has 0 fully saturated rings. The van der Waals surface area contributed by atoms with Gasteiger partial charge in [0.05, 0.1) is 20.8 Å². The third-order valence-electron chi connectivity index (χ3n) is 3.95. The minimum absolute atomic E-state index is 0.657. The molecule has 2 aromatic carbocycles. The number of hydrogen-bond donors (Lipinski definition) is 1. The molecule has 0 aromatic heterocycles. The Hall–Kier alpha value is -2.47. The topological polar surface area (TPSA) is 43.0 Å². The fourth-order valence-corrected chi connectivity index (χ4v) is 2.66. The molecule has 2 aromatic rings. The summed E-state index contributed by atoms with van der Waals surface area (Å²) < 4.78 is 16.1. The second-order valence-corrected chi connectivity index (χ2v) is 6.14. The van der Waals surface area contributed by atoms with E-state index in [1.807, 2.05) is 61.3 Å². The van der Waals surface area contributed by atoms with Gasteiger partial charge in [0, 0.05) is 19.3 Å². The molecule has 0 bridgehead atoms. The van der Waals surface area contributed by atoms with Crippen LogP contribution in [0.2, 0.25) is 0 Å². The van der Waals surface area contributed by atoms with Gasteiger partial charge in [0.25, 0.3) is 0 Å². The van der Waals surface area contributed by atoms with E-state index in [2.05, 4.69) is 5.32 Å². The maximum absolute atomic E-state index is 5.49. The van der Waals surface area contributed by atoms with Crippen LogP contribution in [0.25, 0.3) is 0 Å². The molecule has 140 valence electrons. The van der Waals surface area contributed by atoms with Crippen LogP contribution >= 0.6 is 12.2 Å².